The summed E-state index contributed by atoms with van der Waals surface area (Å²) in [7, 11) is 1.61. The van der Waals surface area contributed by atoms with Gasteiger partial charge in [0.15, 0.2) is 0 Å². The summed E-state index contributed by atoms with van der Waals surface area (Å²) in [5, 5.41) is 7.03. The molecule has 2 rings (SSSR count). The predicted octanol–water partition coefficient (Wildman–Crippen LogP) is -0.0954. The van der Waals surface area contributed by atoms with Crippen molar-refractivity contribution in [3.63, 3.8) is 0 Å². The molecular weight excluding hydrogens is 300 g/mol. The van der Waals surface area contributed by atoms with Crippen molar-refractivity contribution in [2.75, 3.05) is 13.7 Å². The van der Waals surface area contributed by atoms with Gasteiger partial charge in [-0.3, -0.25) is 0 Å². The van der Waals surface area contributed by atoms with Gasteiger partial charge in [0.1, 0.15) is 11.5 Å². The SMILES string of the molecule is COCCC1(N)N=C(n2cccn2)NC(N)=C1Br. The minimum Gasteiger partial charge on any atom is -0.385 e. The van der Waals surface area contributed by atoms with Crippen LogP contribution in [0, 0.1) is 0 Å². The topological polar surface area (TPSA) is 103 Å². The first-order valence-electron chi connectivity index (χ1n) is 5.37. The molecule has 18 heavy (non-hydrogen) atoms. The van der Waals surface area contributed by atoms with Crippen molar-refractivity contribution in [2.45, 2.75) is 12.1 Å². The molecule has 0 amide bonds. The number of hydrogen-bond donors (Lipinski definition) is 3. The first kappa shape index (κ1) is 13.1. The molecule has 0 saturated heterocycles. The Morgan fingerprint density at radius 2 is 2.39 bits per heavy atom. The van der Waals surface area contributed by atoms with Crippen LogP contribution in [0.3, 0.4) is 0 Å². The number of methoxy groups -OCH3 is 1. The molecule has 5 N–H and O–H groups in total. The van der Waals surface area contributed by atoms with E-state index in [1.165, 1.54) is 0 Å². The van der Waals surface area contributed by atoms with Gasteiger partial charge in [-0.05, 0) is 22.0 Å². The molecule has 2 heterocycles. The van der Waals surface area contributed by atoms with Crippen LogP contribution in [0.15, 0.2) is 33.8 Å². The molecule has 0 aromatic carbocycles. The van der Waals surface area contributed by atoms with Crippen LogP contribution in [-0.2, 0) is 4.74 Å². The largest absolute Gasteiger partial charge is 0.385 e. The van der Waals surface area contributed by atoms with Gasteiger partial charge in [-0.25, -0.2) is 9.67 Å². The first-order valence-corrected chi connectivity index (χ1v) is 6.16. The van der Waals surface area contributed by atoms with E-state index in [-0.39, 0.29) is 0 Å². The smallest absolute Gasteiger partial charge is 0.227 e. The van der Waals surface area contributed by atoms with Crippen molar-refractivity contribution in [3.8, 4) is 0 Å². The third-order valence-electron chi connectivity index (χ3n) is 2.58. The monoisotopic (exact) mass is 314 g/mol. The van der Waals surface area contributed by atoms with Gasteiger partial charge in [-0.2, -0.15) is 5.10 Å². The average Bonchev–Trinajstić information content (AvgIpc) is 2.87. The van der Waals surface area contributed by atoms with E-state index >= 15 is 0 Å². The van der Waals surface area contributed by atoms with E-state index in [2.05, 4.69) is 31.3 Å². The standard InChI is InChI=1S/C10H15BrN6O/c1-18-6-3-10(13)7(11)8(12)15-9(16-10)17-5-2-4-14-17/h2,4-5H,3,6,12-13H2,1H3,(H,15,16). The lowest BCUT2D eigenvalue weighted by Crippen LogP contribution is -2.50. The third kappa shape index (κ3) is 2.40. The summed E-state index contributed by atoms with van der Waals surface area (Å²) in [5.74, 6) is 0.911. The van der Waals surface area contributed by atoms with Crippen LogP contribution in [0.25, 0.3) is 0 Å². The maximum atomic E-state index is 6.24. The van der Waals surface area contributed by atoms with Crippen molar-refractivity contribution in [2.24, 2.45) is 16.5 Å². The molecule has 0 fully saturated rings. The van der Waals surface area contributed by atoms with Gasteiger partial charge in [0.2, 0.25) is 5.96 Å². The Balaban J connectivity index is 2.33. The van der Waals surface area contributed by atoms with Gasteiger partial charge in [0, 0.05) is 25.9 Å². The van der Waals surface area contributed by atoms with E-state index < -0.39 is 5.66 Å². The van der Waals surface area contributed by atoms with E-state index in [9.17, 15) is 0 Å². The minimum atomic E-state index is -0.938. The molecule has 0 bridgehead atoms. The number of halogens is 1. The highest BCUT2D eigenvalue weighted by atomic mass is 79.9. The summed E-state index contributed by atoms with van der Waals surface area (Å²) in [6.07, 6.45) is 3.92. The van der Waals surface area contributed by atoms with E-state index in [0.717, 1.165) is 0 Å². The Morgan fingerprint density at radius 3 is 3.00 bits per heavy atom. The van der Waals surface area contributed by atoms with Crippen molar-refractivity contribution in [1.29, 1.82) is 0 Å². The van der Waals surface area contributed by atoms with Crippen LogP contribution in [0.5, 0.6) is 0 Å². The van der Waals surface area contributed by atoms with Crippen molar-refractivity contribution in [3.05, 3.63) is 28.8 Å². The van der Waals surface area contributed by atoms with Crippen LogP contribution in [-0.4, -0.2) is 35.1 Å². The number of aliphatic imine (C=N–C) groups is 1. The predicted molar refractivity (Wildman–Crippen MR) is 71.7 cm³/mol. The molecule has 1 atom stereocenters. The van der Waals surface area contributed by atoms with Gasteiger partial charge in [-0.1, -0.05) is 0 Å². The van der Waals surface area contributed by atoms with Crippen LogP contribution in [0.4, 0.5) is 0 Å². The maximum absolute atomic E-state index is 6.24. The Morgan fingerprint density at radius 1 is 1.61 bits per heavy atom. The zero-order valence-corrected chi connectivity index (χ0v) is 11.5. The van der Waals surface area contributed by atoms with Gasteiger partial charge < -0.3 is 21.5 Å². The highest BCUT2D eigenvalue weighted by molar-refractivity contribution is 9.11. The molecule has 1 aromatic rings. The zero-order valence-electron chi connectivity index (χ0n) is 9.93. The summed E-state index contributed by atoms with van der Waals surface area (Å²) < 4.78 is 7.23. The molecule has 0 saturated carbocycles. The van der Waals surface area contributed by atoms with Crippen LogP contribution in [0.2, 0.25) is 0 Å². The molecular formula is C10H15BrN6O. The Kier molecular flexibility index (Phi) is 3.69. The second kappa shape index (κ2) is 5.09. The van der Waals surface area contributed by atoms with Crippen LogP contribution < -0.4 is 16.8 Å². The molecule has 1 aliphatic heterocycles. The van der Waals surface area contributed by atoms with E-state index in [1.54, 1.807) is 30.3 Å². The number of nitrogens with one attached hydrogen (secondary N) is 1. The second-order valence-electron chi connectivity index (χ2n) is 3.91. The summed E-state index contributed by atoms with van der Waals surface area (Å²) in [5.41, 5.74) is 11.2. The normalized spacial score (nSPS) is 23.8. The quantitative estimate of drug-likeness (QED) is 0.723. The van der Waals surface area contributed by atoms with Gasteiger partial charge in [-0.15, -0.1) is 0 Å². The van der Waals surface area contributed by atoms with E-state index in [0.29, 0.717) is 29.3 Å². The van der Waals surface area contributed by atoms with Crippen LogP contribution >= 0.6 is 15.9 Å². The molecule has 7 nitrogen and oxygen atoms in total. The first-order chi connectivity index (χ1) is 8.57. The van der Waals surface area contributed by atoms with Gasteiger partial charge in [0.25, 0.3) is 0 Å². The summed E-state index contributed by atoms with van der Waals surface area (Å²) in [6.45, 7) is 0.481. The average molecular weight is 315 g/mol. The van der Waals surface area contributed by atoms with E-state index in [4.69, 9.17) is 16.2 Å². The van der Waals surface area contributed by atoms with Crippen molar-refractivity contribution >= 4 is 21.9 Å². The van der Waals surface area contributed by atoms with Gasteiger partial charge >= 0.3 is 0 Å². The van der Waals surface area contributed by atoms with Crippen molar-refractivity contribution < 1.29 is 4.74 Å². The third-order valence-corrected chi connectivity index (χ3v) is 3.69. The number of nitrogens with two attached hydrogens (primary N) is 2. The zero-order chi connectivity index (χ0) is 13.2. The molecule has 1 aromatic heterocycles. The van der Waals surface area contributed by atoms with Crippen molar-refractivity contribution in [1.82, 2.24) is 15.1 Å². The molecule has 98 valence electrons. The number of rotatable bonds is 3. The highest BCUT2D eigenvalue weighted by Crippen LogP contribution is 2.29. The molecule has 1 unspecified atom stereocenters. The number of nitrogens with zero attached hydrogens (tertiary/aromatic N) is 3. The molecule has 0 radical (unpaired) electrons. The lowest BCUT2D eigenvalue weighted by Gasteiger charge is -2.31. The summed E-state index contributed by atoms with van der Waals surface area (Å²) in [6, 6.07) is 1.79. The molecule has 0 aliphatic carbocycles. The van der Waals surface area contributed by atoms with Gasteiger partial charge in [0.05, 0.1) is 11.1 Å². The maximum Gasteiger partial charge on any atom is 0.227 e. The molecule has 8 heteroatoms. The molecule has 0 spiro atoms. The lowest BCUT2D eigenvalue weighted by molar-refractivity contribution is 0.178. The fourth-order valence-electron chi connectivity index (χ4n) is 1.60. The summed E-state index contributed by atoms with van der Waals surface area (Å²) in [4.78, 5) is 4.44. The Labute approximate surface area is 113 Å². The Hall–Kier alpha value is -1.38. The fraction of sp³-hybridized carbons (Fsp3) is 0.400. The lowest BCUT2D eigenvalue weighted by atomic mass is 10.1. The number of hydrogen-bond acceptors (Lipinski definition) is 6. The highest BCUT2D eigenvalue weighted by Gasteiger charge is 2.34. The van der Waals surface area contributed by atoms with E-state index in [1.807, 2.05) is 0 Å². The fourth-order valence-corrected chi connectivity index (χ4v) is 1.99. The second-order valence-corrected chi connectivity index (χ2v) is 4.70. The molecule has 1 aliphatic rings. The number of aromatic nitrogens is 2. The minimum absolute atomic E-state index is 0.425. The van der Waals surface area contributed by atoms with Crippen LogP contribution in [0.1, 0.15) is 6.42 Å². The Bertz CT molecular complexity index is 483. The number of ether oxygens (including phenoxy) is 1. The summed E-state index contributed by atoms with van der Waals surface area (Å²) >= 11 is 3.37.